The average Bonchev–Trinajstić information content (AvgIpc) is 3.18. The third-order valence-corrected chi connectivity index (χ3v) is 4.35. The number of benzene rings is 2. The van der Waals surface area contributed by atoms with Crippen LogP contribution in [0.1, 0.15) is 23.0 Å². The quantitative estimate of drug-likeness (QED) is 0.365. The summed E-state index contributed by atoms with van der Waals surface area (Å²) in [6, 6.07) is 17.7. The second kappa shape index (κ2) is 9.54. The van der Waals surface area contributed by atoms with Crippen molar-refractivity contribution >= 4 is 35.2 Å². The third kappa shape index (κ3) is 4.74. The van der Waals surface area contributed by atoms with Crippen molar-refractivity contribution in [1.29, 1.82) is 5.26 Å². The van der Waals surface area contributed by atoms with Crippen molar-refractivity contribution < 1.29 is 14.3 Å². The van der Waals surface area contributed by atoms with Crippen LogP contribution >= 0.6 is 11.6 Å². The summed E-state index contributed by atoms with van der Waals surface area (Å²) in [6.07, 6.45) is 2.85. The number of aromatic nitrogens is 2. The largest absolute Gasteiger partial charge is 0.461 e. The van der Waals surface area contributed by atoms with Gasteiger partial charge in [0.1, 0.15) is 11.6 Å². The SMILES string of the molecule is CCOC(=O)c1nn(-c2ccccc2)cc1/C=C(/C#N)C(=O)Nc1ccccc1Cl. The maximum atomic E-state index is 12.6. The third-order valence-electron chi connectivity index (χ3n) is 4.02. The van der Waals surface area contributed by atoms with Gasteiger partial charge in [-0.3, -0.25) is 4.79 Å². The Kier molecular flexibility index (Phi) is 6.63. The van der Waals surface area contributed by atoms with E-state index in [2.05, 4.69) is 10.4 Å². The Morgan fingerprint density at radius 2 is 1.90 bits per heavy atom. The number of nitrogens with zero attached hydrogens (tertiary/aromatic N) is 3. The first kappa shape index (κ1) is 20.8. The van der Waals surface area contributed by atoms with Gasteiger partial charge in [-0.1, -0.05) is 41.9 Å². The van der Waals surface area contributed by atoms with Crippen LogP contribution in [0.2, 0.25) is 5.02 Å². The van der Waals surface area contributed by atoms with Gasteiger partial charge in [-0.25, -0.2) is 9.48 Å². The smallest absolute Gasteiger partial charge is 0.359 e. The Morgan fingerprint density at radius 3 is 2.57 bits per heavy atom. The number of hydrogen-bond acceptors (Lipinski definition) is 5. The molecule has 1 aromatic heterocycles. The standard InChI is InChI=1S/C22H17ClN4O3/c1-2-30-22(29)20-16(14-27(26-20)17-8-4-3-5-9-17)12-15(13-24)21(28)25-19-11-7-6-10-18(19)23/h3-12,14H,2H2,1H3,(H,25,28)/b15-12-. The number of carbonyl (C=O) groups is 2. The maximum absolute atomic E-state index is 12.6. The molecular weight excluding hydrogens is 404 g/mol. The Morgan fingerprint density at radius 1 is 1.20 bits per heavy atom. The molecule has 0 aliphatic carbocycles. The van der Waals surface area contributed by atoms with Gasteiger partial charge in [0.2, 0.25) is 0 Å². The van der Waals surface area contributed by atoms with Crippen molar-refractivity contribution in [3.05, 3.63) is 82.6 Å². The summed E-state index contributed by atoms with van der Waals surface area (Å²) in [6.45, 7) is 1.84. The fraction of sp³-hybridized carbons (Fsp3) is 0.0909. The molecule has 2 aromatic carbocycles. The van der Waals surface area contributed by atoms with Crippen molar-refractivity contribution in [2.45, 2.75) is 6.92 Å². The summed E-state index contributed by atoms with van der Waals surface area (Å²) < 4.78 is 6.55. The summed E-state index contributed by atoms with van der Waals surface area (Å²) in [4.78, 5) is 24.9. The highest BCUT2D eigenvalue weighted by Gasteiger charge is 2.20. The Labute approximate surface area is 178 Å². The van der Waals surface area contributed by atoms with Crippen LogP contribution in [-0.4, -0.2) is 28.3 Å². The van der Waals surface area contributed by atoms with E-state index in [0.717, 1.165) is 0 Å². The molecule has 0 aliphatic rings. The van der Waals surface area contributed by atoms with Crippen molar-refractivity contribution in [1.82, 2.24) is 9.78 Å². The van der Waals surface area contributed by atoms with Crippen LogP contribution in [0.15, 0.2) is 66.4 Å². The second-order valence-electron chi connectivity index (χ2n) is 6.04. The Hall–Kier alpha value is -3.89. The van der Waals surface area contributed by atoms with Gasteiger partial charge in [-0.2, -0.15) is 10.4 Å². The molecule has 8 heteroatoms. The fourth-order valence-electron chi connectivity index (χ4n) is 2.62. The normalized spacial score (nSPS) is 10.9. The molecule has 0 fully saturated rings. The molecule has 1 heterocycles. The zero-order valence-electron chi connectivity index (χ0n) is 16.0. The zero-order valence-corrected chi connectivity index (χ0v) is 16.8. The summed E-state index contributed by atoms with van der Waals surface area (Å²) >= 11 is 6.06. The van der Waals surface area contributed by atoms with Gasteiger partial charge < -0.3 is 10.1 Å². The van der Waals surface area contributed by atoms with Gasteiger partial charge in [0.15, 0.2) is 5.69 Å². The van der Waals surface area contributed by atoms with Crippen LogP contribution in [0.5, 0.6) is 0 Å². The van der Waals surface area contributed by atoms with E-state index in [0.29, 0.717) is 16.4 Å². The first-order valence-electron chi connectivity index (χ1n) is 9.03. The van der Waals surface area contributed by atoms with Gasteiger partial charge in [0, 0.05) is 11.8 Å². The van der Waals surface area contributed by atoms with Crippen LogP contribution in [0.4, 0.5) is 5.69 Å². The number of esters is 1. The van der Waals surface area contributed by atoms with Crippen LogP contribution in [-0.2, 0) is 9.53 Å². The average molecular weight is 421 g/mol. The molecule has 0 bridgehead atoms. The number of nitrogens with one attached hydrogen (secondary N) is 1. The molecule has 0 spiro atoms. The van der Waals surface area contributed by atoms with E-state index < -0.39 is 11.9 Å². The first-order valence-corrected chi connectivity index (χ1v) is 9.41. The highest BCUT2D eigenvalue weighted by molar-refractivity contribution is 6.34. The number of hydrogen-bond donors (Lipinski definition) is 1. The minimum absolute atomic E-state index is 0.000929. The minimum atomic E-state index is -0.659. The molecule has 1 amide bonds. The maximum Gasteiger partial charge on any atom is 0.359 e. The molecule has 0 saturated carbocycles. The zero-order chi connectivity index (χ0) is 21.5. The molecule has 0 aliphatic heterocycles. The fourth-order valence-corrected chi connectivity index (χ4v) is 2.80. The molecule has 3 rings (SSSR count). The number of para-hydroxylation sites is 2. The van der Waals surface area contributed by atoms with Crippen LogP contribution < -0.4 is 5.32 Å². The lowest BCUT2D eigenvalue weighted by Crippen LogP contribution is -2.14. The van der Waals surface area contributed by atoms with Crippen LogP contribution in [0, 0.1) is 11.3 Å². The van der Waals surface area contributed by atoms with E-state index in [9.17, 15) is 14.9 Å². The van der Waals surface area contributed by atoms with Crippen molar-refractivity contribution in [2.24, 2.45) is 0 Å². The topological polar surface area (TPSA) is 97.0 Å². The predicted octanol–water partition coefficient (Wildman–Crippen LogP) is 4.25. The molecule has 150 valence electrons. The number of halogens is 1. The van der Waals surface area contributed by atoms with Crippen LogP contribution in [0.3, 0.4) is 0 Å². The first-order chi connectivity index (χ1) is 14.5. The molecule has 3 aromatic rings. The number of ether oxygens (including phenoxy) is 1. The van der Waals surface area contributed by atoms with E-state index in [1.165, 1.54) is 10.8 Å². The van der Waals surface area contributed by atoms with Gasteiger partial charge in [0.25, 0.3) is 5.91 Å². The molecule has 0 radical (unpaired) electrons. The monoisotopic (exact) mass is 420 g/mol. The van der Waals surface area contributed by atoms with E-state index in [1.54, 1.807) is 37.4 Å². The summed E-state index contributed by atoms with van der Waals surface area (Å²) in [5.74, 6) is -1.31. The van der Waals surface area contributed by atoms with Gasteiger partial charge >= 0.3 is 5.97 Å². The van der Waals surface area contributed by atoms with Gasteiger partial charge in [0.05, 0.1) is 23.0 Å². The number of nitriles is 1. The lowest BCUT2D eigenvalue weighted by atomic mass is 10.1. The Balaban J connectivity index is 1.99. The summed E-state index contributed by atoms with van der Waals surface area (Å²) in [7, 11) is 0. The molecule has 7 nitrogen and oxygen atoms in total. The highest BCUT2D eigenvalue weighted by atomic mass is 35.5. The molecule has 0 unspecified atom stereocenters. The number of carbonyl (C=O) groups excluding carboxylic acids is 2. The molecule has 30 heavy (non-hydrogen) atoms. The lowest BCUT2D eigenvalue weighted by Gasteiger charge is -2.06. The molecule has 0 atom stereocenters. The van der Waals surface area contributed by atoms with Crippen molar-refractivity contribution in [2.75, 3.05) is 11.9 Å². The lowest BCUT2D eigenvalue weighted by molar-refractivity contribution is -0.112. The van der Waals surface area contributed by atoms with E-state index in [4.69, 9.17) is 16.3 Å². The van der Waals surface area contributed by atoms with E-state index in [-0.39, 0.29) is 23.4 Å². The van der Waals surface area contributed by atoms with E-state index >= 15 is 0 Å². The molecule has 0 saturated heterocycles. The number of rotatable bonds is 6. The summed E-state index contributed by atoms with van der Waals surface area (Å²) in [5.41, 5.74) is 1.15. The Bertz CT molecular complexity index is 1150. The number of anilines is 1. The molecular formula is C22H17ClN4O3. The molecule has 1 N–H and O–H groups in total. The van der Waals surface area contributed by atoms with Crippen LogP contribution in [0.25, 0.3) is 11.8 Å². The van der Waals surface area contributed by atoms with Crippen molar-refractivity contribution in [3.63, 3.8) is 0 Å². The second-order valence-corrected chi connectivity index (χ2v) is 6.44. The minimum Gasteiger partial charge on any atom is -0.461 e. The van der Waals surface area contributed by atoms with Gasteiger partial charge in [-0.05, 0) is 37.3 Å². The highest BCUT2D eigenvalue weighted by Crippen LogP contribution is 2.22. The summed E-state index contributed by atoms with van der Waals surface area (Å²) in [5, 5.41) is 16.7. The van der Waals surface area contributed by atoms with Gasteiger partial charge in [-0.15, -0.1) is 0 Å². The van der Waals surface area contributed by atoms with Crippen molar-refractivity contribution in [3.8, 4) is 11.8 Å². The van der Waals surface area contributed by atoms with E-state index in [1.807, 2.05) is 36.4 Å². The predicted molar refractivity (Wildman–Crippen MR) is 113 cm³/mol. The number of amides is 1.